The molecule has 1 aromatic carbocycles. The first-order valence-electron chi connectivity index (χ1n) is 7.09. The van der Waals surface area contributed by atoms with Crippen molar-refractivity contribution in [1.82, 2.24) is 9.88 Å². The summed E-state index contributed by atoms with van der Waals surface area (Å²) in [6.07, 6.45) is 4.74. The number of nitrogens with zero attached hydrogens (tertiary/aromatic N) is 2. The summed E-state index contributed by atoms with van der Waals surface area (Å²) in [5.74, 6) is 1.05. The lowest BCUT2D eigenvalue weighted by Gasteiger charge is -2.25. The van der Waals surface area contributed by atoms with E-state index in [1.54, 1.807) is 0 Å². The van der Waals surface area contributed by atoms with Crippen LogP contribution in [0.3, 0.4) is 0 Å². The van der Waals surface area contributed by atoms with Crippen molar-refractivity contribution < 1.29 is 4.74 Å². The summed E-state index contributed by atoms with van der Waals surface area (Å²) in [7, 11) is 2.16. The number of fused-ring (bicyclic) bond motifs is 1. The maximum Gasteiger partial charge on any atom is 0.122 e. The summed E-state index contributed by atoms with van der Waals surface area (Å²) >= 11 is 0. The molecule has 0 unspecified atom stereocenters. The van der Waals surface area contributed by atoms with Crippen LogP contribution in [0.15, 0.2) is 42.7 Å². The van der Waals surface area contributed by atoms with Crippen molar-refractivity contribution in [3.63, 3.8) is 0 Å². The first-order valence-corrected chi connectivity index (χ1v) is 7.09. The lowest BCUT2D eigenvalue weighted by atomic mass is 10.1. The molecule has 20 heavy (non-hydrogen) atoms. The van der Waals surface area contributed by atoms with E-state index in [2.05, 4.69) is 54.2 Å². The fourth-order valence-electron chi connectivity index (χ4n) is 2.66. The topological polar surface area (TPSA) is 25.4 Å². The molecule has 0 amide bonds. The van der Waals surface area contributed by atoms with Crippen LogP contribution in [0, 0.1) is 0 Å². The smallest absolute Gasteiger partial charge is 0.122 e. The third kappa shape index (κ3) is 2.68. The van der Waals surface area contributed by atoms with Crippen molar-refractivity contribution >= 4 is 0 Å². The molecule has 1 aromatic heterocycles. The predicted octanol–water partition coefficient (Wildman–Crippen LogP) is 3.21. The van der Waals surface area contributed by atoms with Gasteiger partial charge in [-0.05, 0) is 48.9 Å². The Bertz CT molecular complexity index is 583. The molecule has 1 aliphatic rings. The SMILES string of the molecule is C[C@@H](c1ccncc1)N(C)Cc1ccc2c(c1)CCO2. The Morgan fingerprint density at radius 1 is 1.25 bits per heavy atom. The molecule has 0 fully saturated rings. The molecular weight excluding hydrogens is 248 g/mol. The van der Waals surface area contributed by atoms with Crippen LogP contribution in [-0.4, -0.2) is 23.5 Å². The highest BCUT2D eigenvalue weighted by atomic mass is 16.5. The van der Waals surface area contributed by atoms with E-state index < -0.39 is 0 Å². The molecule has 0 saturated heterocycles. The van der Waals surface area contributed by atoms with Crippen molar-refractivity contribution in [1.29, 1.82) is 0 Å². The highest BCUT2D eigenvalue weighted by molar-refractivity contribution is 5.39. The number of hydrogen-bond acceptors (Lipinski definition) is 3. The minimum absolute atomic E-state index is 0.377. The molecule has 0 radical (unpaired) electrons. The number of aromatic nitrogens is 1. The minimum atomic E-state index is 0.377. The van der Waals surface area contributed by atoms with Crippen molar-refractivity contribution in [2.45, 2.75) is 25.9 Å². The first kappa shape index (κ1) is 13.1. The Balaban J connectivity index is 1.71. The molecule has 0 saturated carbocycles. The molecule has 3 nitrogen and oxygen atoms in total. The predicted molar refractivity (Wildman–Crippen MR) is 79.8 cm³/mol. The third-order valence-corrected chi connectivity index (χ3v) is 4.04. The number of benzene rings is 1. The maximum absolute atomic E-state index is 5.55. The van der Waals surface area contributed by atoms with Crippen LogP contribution in [0.25, 0.3) is 0 Å². The number of pyridine rings is 1. The van der Waals surface area contributed by atoms with E-state index in [0.29, 0.717) is 6.04 Å². The summed E-state index contributed by atoms with van der Waals surface area (Å²) in [6.45, 7) is 3.99. The molecule has 0 N–H and O–H groups in total. The van der Waals surface area contributed by atoms with Crippen LogP contribution in [0.5, 0.6) is 5.75 Å². The standard InChI is InChI=1S/C17H20N2O/c1-13(15-5-8-18-9-6-15)19(2)12-14-3-4-17-16(11-14)7-10-20-17/h3-6,8-9,11,13H,7,10,12H2,1-2H3/t13-/m0/s1. The summed E-state index contributed by atoms with van der Waals surface area (Å²) in [6, 6.07) is 11.1. The lowest BCUT2D eigenvalue weighted by Crippen LogP contribution is -2.21. The highest BCUT2D eigenvalue weighted by Crippen LogP contribution is 2.27. The zero-order chi connectivity index (χ0) is 13.9. The molecular formula is C17H20N2O. The largest absolute Gasteiger partial charge is 0.493 e. The average Bonchev–Trinajstić information content (AvgIpc) is 2.95. The second kappa shape index (κ2) is 5.63. The van der Waals surface area contributed by atoms with Gasteiger partial charge in [0.15, 0.2) is 0 Å². The van der Waals surface area contributed by atoms with Crippen molar-refractivity contribution in [2.75, 3.05) is 13.7 Å². The van der Waals surface area contributed by atoms with E-state index in [0.717, 1.165) is 25.3 Å². The third-order valence-electron chi connectivity index (χ3n) is 4.04. The summed E-state index contributed by atoms with van der Waals surface area (Å²) in [4.78, 5) is 6.43. The van der Waals surface area contributed by atoms with Crippen molar-refractivity contribution in [3.05, 3.63) is 59.4 Å². The van der Waals surface area contributed by atoms with Gasteiger partial charge in [-0.1, -0.05) is 12.1 Å². The molecule has 2 aromatic rings. The highest BCUT2D eigenvalue weighted by Gasteiger charge is 2.15. The molecule has 104 valence electrons. The minimum Gasteiger partial charge on any atom is -0.493 e. The Morgan fingerprint density at radius 2 is 2.05 bits per heavy atom. The summed E-state index contributed by atoms with van der Waals surface area (Å²) in [5, 5.41) is 0. The molecule has 0 spiro atoms. The second-order valence-electron chi connectivity index (χ2n) is 5.41. The van der Waals surface area contributed by atoms with Crippen LogP contribution in [-0.2, 0) is 13.0 Å². The molecule has 3 heteroatoms. The van der Waals surface area contributed by atoms with Gasteiger partial charge in [-0.3, -0.25) is 9.88 Å². The second-order valence-corrected chi connectivity index (χ2v) is 5.41. The van der Waals surface area contributed by atoms with Gasteiger partial charge in [0.25, 0.3) is 0 Å². The van der Waals surface area contributed by atoms with Gasteiger partial charge in [-0.25, -0.2) is 0 Å². The number of rotatable bonds is 4. The quantitative estimate of drug-likeness (QED) is 0.851. The van der Waals surface area contributed by atoms with Gasteiger partial charge in [0.2, 0.25) is 0 Å². The van der Waals surface area contributed by atoms with E-state index in [9.17, 15) is 0 Å². The Labute approximate surface area is 120 Å². The van der Waals surface area contributed by atoms with Gasteiger partial charge in [0.1, 0.15) is 5.75 Å². The fourth-order valence-corrected chi connectivity index (χ4v) is 2.66. The van der Waals surface area contributed by atoms with E-state index in [1.807, 2.05) is 12.4 Å². The molecule has 0 bridgehead atoms. The van der Waals surface area contributed by atoms with Gasteiger partial charge in [0.05, 0.1) is 6.61 Å². The Kier molecular flexibility index (Phi) is 3.70. The normalized spacial score (nSPS) is 14.9. The monoisotopic (exact) mass is 268 g/mol. The lowest BCUT2D eigenvalue weighted by molar-refractivity contribution is 0.253. The maximum atomic E-state index is 5.55. The zero-order valence-electron chi connectivity index (χ0n) is 12.0. The van der Waals surface area contributed by atoms with Gasteiger partial charge < -0.3 is 4.74 Å². The van der Waals surface area contributed by atoms with Crippen LogP contribution >= 0.6 is 0 Å². The van der Waals surface area contributed by atoms with Crippen LogP contribution in [0.1, 0.15) is 29.7 Å². The molecule has 1 aliphatic heterocycles. The average molecular weight is 268 g/mol. The molecule has 2 heterocycles. The molecule has 1 atom stereocenters. The summed E-state index contributed by atoms with van der Waals surface area (Å²) < 4.78 is 5.55. The van der Waals surface area contributed by atoms with Gasteiger partial charge in [-0.2, -0.15) is 0 Å². The van der Waals surface area contributed by atoms with E-state index in [1.165, 1.54) is 16.7 Å². The Morgan fingerprint density at radius 3 is 2.85 bits per heavy atom. The van der Waals surface area contributed by atoms with Gasteiger partial charge >= 0.3 is 0 Å². The van der Waals surface area contributed by atoms with E-state index in [4.69, 9.17) is 4.74 Å². The van der Waals surface area contributed by atoms with Crippen LogP contribution < -0.4 is 4.74 Å². The summed E-state index contributed by atoms with van der Waals surface area (Å²) in [5.41, 5.74) is 3.98. The van der Waals surface area contributed by atoms with E-state index >= 15 is 0 Å². The zero-order valence-corrected chi connectivity index (χ0v) is 12.0. The number of hydrogen-bond donors (Lipinski definition) is 0. The Hall–Kier alpha value is -1.87. The van der Waals surface area contributed by atoms with Crippen molar-refractivity contribution in [2.24, 2.45) is 0 Å². The number of ether oxygens (including phenoxy) is 1. The van der Waals surface area contributed by atoms with Crippen LogP contribution in [0.4, 0.5) is 0 Å². The first-order chi connectivity index (χ1) is 9.74. The van der Waals surface area contributed by atoms with Crippen molar-refractivity contribution in [3.8, 4) is 5.75 Å². The van der Waals surface area contributed by atoms with E-state index in [-0.39, 0.29) is 0 Å². The van der Waals surface area contributed by atoms with Gasteiger partial charge in [0, 0.05) is 31.4 Å². The molecule has 0 aliphatic carbocycles. The van der Waals surface area contributed by atoms with Gasteiger partial charge in [-0.15, -0.1) is 0 Å². The van der Waals surface area contributed by atoms with Crippen LogP contribution in [0.2, 0.25) is 0 Å². The fraction of sp³-hybridized carbons (Fsp3) is 0.353. The molecule has 3 rings (SSSR count).